The second kappa shape index (κ2) is 6.45. The van der Waals surface area contributed by atoms with Crippen LogP contribution in [0.2, 0.25) is 0 Å². The lowest BCUT2D eigenvalue weighted by molar-refractivity contribution is -0.606. The molecule has 0 fully saturated rings. The normalized spacial score (nSPS) is 18.0. The Morgan fingerprint density at radius 1 is 1.23 bits per heavy atom. The number of benzene rings is 1. The fourth-order valence-electron chi connectivity index (χ4n) is 2.80. The van der Waals surface area contributed by atoms with Gasteiger partial charge in [0.1, 0.15) is 5.69 Å². The maximum absolute atomic E-state index is 12.4. The highest BCUT2D eigenvalue weighted by Gasteiger charge is 2.28. The van der Waals surface area contributed by atoms with Crippen LogP contribution in [0.1, 0.15) is 21.6 Å². The minimum absolute atomic E-state index is 0.0260. The third-order valence-corrected chi connectivity index (χ3v) is 5.76. The van der Waals surface area contributed by atoms with Gasteiger partial charge < -0.3 is 16.3 Å². The molecule has 0 aliphatic carbocycles. The Labute approximate surface area is 151 Å². The predicted octanol–water partition coefficient (Wildman–Crippen LogP) is 1.23. The molecule has 0 radical (unpaired) electrons. The zero-order valence-corrected chi connectivity index (χ0v) is 15.2. The van der Waals surface area contributed by atoms with Gasteiger partial charge in [-0.3, -0.25) is 4.79 Å². The molecule has 26 heavy (non-hydrogen) atoms. The number of anilines is 1. The van der Waals surface area contributed by atoms with E-state index in [0.717, 1.165) is 22.1 Å². The van der Waals surface area contributed by atoms with Crippen molar-refractivity contribution in [2.24, 2.45) is 0 Å². The van der Waals surface area contributed by atoms with Gasteiger partial charge >= 0.3 is 11.6 Å². The number of nitrogens with two attached hydrogens (primary N) is 1. The molecule has 1 atom stereocenters. The Balaban J connectivity index is 1.89. The molecule has 8 heteroatoms. The van der Waals surface area contributed by atoms with Crippen LogP contribution in [0.5, 0.6) is 0 Å². The largest absolute Gasteiger partial charge is 0.618 e. The molecule has 0 saturated carbocycles. The van der Waals surface area contributed by atoms with E-state index < -0.39 is 21.8 Å². The highest BCUT2D eigenvalue weighted by atomic mass is 32.2. The van der Waals surface area contributed by atoms with Crippen LogP contribution >= 0.6 is 0 Å². The number of nitrogens with one attached hydrogen (secondary N) is 1. The average Bonchev–Trinajstić information content (AvgIpc) is 2.88. The van der Waals surface area contributed by atoms with Crippen molar-refractivity contribution in [3.63, 3.8) is 0 Å². The van der Waals surface area contributed by atoms with Gasteiger partial charge in [-0.25, -0.2) is 8.42 Å². The molecule has 3 N–H and O–H groups in total. The van der Waals surface area contributed by atoms with Crippen molar-refractivity contribution in [2.45, 2.75) is 19.9 Å². The number of sulfone groups is 1. The number of aryl methyl sites for hydroxylation is 2. The number of carbonyl (C=O) groups is 1. The molecule has 0 unspecified atom stereocenters. The fourth-order valence-corrected chi connectivity index (χ4v) is 4.04. The van der Waals surface area contributed by atoms with Gasteiger partial charge in [-0.15, -0.1) is 0 Å². The minimum atomic E-state index is -3.31. The molecule has 1 amide bonds. The summed E-state index contributed by atoms with van der Waals surface area (Å²) in [5, 5.41) is 15.9. The first-order chi connectivity index (χ1) is 12.2. The Morgan fingerprint density at radius 3 is 2.54 bits per heavy atom. The van der Waals surface area contributed by atoms with Gasteiger partial charge in [-0.1, -0.05) is 18.2 Å². The molecule has 0 saturated heterocycles. The van der Waals surface area contributed by atoms with E-state index in [2.05, 4.69) is 5.32 Å². The van der Waals surface area contributed by atoms with Crippen molar-refractivity contribution in [1.82, 2.24) is 5.32 Å². The summed E-state index contributed by atoms with van der Waals surface area (Å²) in [7, 11) is -3.31. The maximum Gasteiger partial charge on any atom is 0.320 e. The van der Waals surface area contributed by atoms with Crippen LogP contribution < -0.4 is 15.8 Å². The fraction of sp³-hybridized carbons (Fsp3) is 0.222. The maximum atomic E-state index is 12.4. The molecule has 136 valence electrons. The molecule has 0 bridgehead atoms. The molecular formula is C18H19N3O4S. The van der Waals surface area contributed by atoms with Crippen molar-refractivity contribution in [2.75, 3.05) is 11.5 Å². The van der Waals surface area contributed by atoms with E-state index in [1.54, 1.807) is 6.07 Å². The number of pyridine rings is 1. The summed E-state index contributed by atoms with van der Waals surface area (Å²) >= 11 is 0. The molecular weight excluding hydrogens is 354 g/mol. The smallest absolute Gasteiger partial charge is 0.320 e. The lowest BCUT2D eigenvalue weighted by Crippen LogP contribution is -2.44. The number of nitrogen functional groups attached to an aromatic ring is 1. The van der Waals surface area contributed by atoms with E-state index >= 15 is 0 Å². The Hall–Kier alpha value is -2.87. The lowest BCUT2D eigenvalue weighted by atomic mass is 10.0. The Morgan fingerprint density at radius 2 is 1.96 bits per heavy atom. The molecule has 7 nitrogen and oxygen atoms in total. The van der Waals surface area contributed by atoms with Crippen LogP contribution in [-0.2, 0) is 9.84 Å². The highest BCUT2D eigenvalue weighted by Crippen LogP contribution is 2.24. The van der Waals surface area contributed by atoms with E-state index in [4.69, 9.17) is 5.73 Å². The number of hydrogen-bond donors (Lipinski definition) is 2. The van der Waals surface area contributed by atoms with Crippen molar-refractivity contribution in [3.8, 4) is 11.1 Å². The summed E-state index contributed by atoms with van der Waals surface area (Å²) < 4.78 is 23.3. The lowest BCUT2D eigenvalue weighted by Gasteiger charge is -2.13. The van der Waals surface area contributed by atoms with Gasteiger partial charge in [-0.05, 0) is 42.7 Å². The summed E-state index contributed by atoms with van der Waals surface area (Å²) in [4.78, 5) is 12.4. The van der Waals surface area contributed by atoms with Crippen molar-refractivity contribution in [1.29, 1.82) is 0 Å². The van der Waals surface area contributed by atoms with Crippen molar-refractivity contribution in [3.05, 3.63) is 64.0 Å². The topological polar surface area (TPSA) is 116 Å². The third kappa shape index (κ3) is 3.55. The second-order valence-corrected chi connectivity index (χ2v) is 8.33. The monoisotopic (exact) mass is 373 g/mol. The number of amides is 1. The van der Waals surface area contributed by atoms with E-state index in [0.29, 0.717) is 10.3 Å². The van der Waals surface area contributed by atoms with Crippen molar-refractivity contribution >= 4 is 21.4 Å². The van der Waals surface area contributed by atoms with Crippen LogP contribution in [0.4, 0.5) is 5.69 Å². The van der Waals surface area contributed by atoms with Crippen LogP contribution in [0.15, 0.2) is 41.9 Å². The molecule has 3 rings (SSSR count). The summed E-state index contributed by atoms with van der Waals surface area (Å²) in [6, 6.07) is 6.66. The second-order valence-electron chi connectivity index (χ2n) is 6.40. The van der Waals surface area contributed by atoms with Gasteiger partial charge in [0.25, 0.3) is 0 Å². The highest BCUT2D eigenvalue weighted by molar-refractivity contribution is 7.94. The van der Waals surface area contributed by atoms with Gasteiger partial charge in [0.05, 0.1) is 11.8 Å². The molecule has 1 aromatic carbocycles. The number of rotatable bonds is 3. The van der Waals surface area contributed by atoms with Gasteiger partial charge in [0, 0.05) is 11.0 Å². The first-order valence-electron chi connectivity index (χ1n) is 7.98. The number of carbonyl (C=O) groups excluding carboxylic acids is 1. The van der Waals surface area contributed by atoms with E-state index in [1.165, 1.54) is 12.3 Å². The van der Waals surface area contributed by atoms with Crippen molar-refractivity contribution < 1.29 is 17.9 Å². The standard InChI is InChI=1S/C18H19N3O4S/c1-11-3-4-13(7-12(11)2)14-8-16(19)17(21(23)9-14)18(22)20-15-5-6-26(24,25)10-15/h3-9,15H,10,19H2,1-2H3,(H,20,22)/t15-/m1/s1. The van der Waals surface area contributed by atoms with E-state index in [9.17, 15) is 18.4 Å². The van der Waals surface area contributed by atoms with E-state index in [-0.39, 0.29) is 17.1 Å². The number of aromatic nitrogens is 1. The third-order valence-electron chi connectivity index (χ3n) is 4.36. The molecule has 0 spiro atoms. The molecule has 1 aromatic heterocycles. The molecule has 2 aromatic rings. The molecule has 1 aliphatic heterocycles. The summed E-state index contributed by atoms with van der Waals surface area (Å²) in [6.45, 7) is 3.96. The Bertz CT molecular complexity index is 1010. The summed E-state index contributed by atoms with van der Waals surface area (Å²) in [6.07, 6.45) is 2.67. The first kappa shape index (κ1) is 17.9. The zero-order valence-electron chi connectivity index (χ0n) is 14.4. The van der Waals surface area contributed by atoms with Crippen LogP contribution in [0.25, 0.3) is 11.1 Å². The molecule has 1 aliphatic rings. The quantitative estimate of drug-likeness (QED) is 0.620. The number of nitrogens with zero attached hydrogens (tertiary/aromatic N) is 1. The van der Waals surface area contributed by atoms with E-state index in [1.807, 2.05) is 32.0 Å². The Kier molecular flexibility index (Phi) is 4.45. The summed E-state index contributed by atoms with van der Waals surface area (Å²) in [5.41, 5.74) is 9.34. The summed E-state index contributed by atoms with van der Waals surface area (Å²) in [5.74, 6) is -0.936. The average molecular weight is 373 g/mol. The minimum Gasteiger partial charge on any atom is -0.618 e. The predicted molar refractivity (Wildman–Crippen MR) is 98.9 cm³/mol. The van der Waals surface area contributed by atoms with Gasteiger partial charge in [0.15, 0.2) is 16.0 Å². The van der Waals surface area contributed by atoms with Crippen LogP contribution in [0, 0.1) is 19.1 Å². The number of hydrogen-bond acceptors (Lipinski definition) is 5. The van der Waals surface area contributed by atoms with Crippen LogP contribution in [0.3, 0.4) is 0 Å². The van der Waals surface area contributed by atoms with Gasteiger partial charge in [-0.2, -0.15) is 4.73 Å². The van der Waals surface area contributed by atoms with Gasteiger partial charge in [0.2, 0.25) is 0 Å². The molecule has 2 heterocycles. The zero-order chi connectivity index (χ0) is 19.1. The first-order valence-corrected chi connectivity index (χ1v) is 9.70. The van der Waals surface area contributed by atoms with Crippen LogP contribution in [-0.4, -0.2) is 26.1 Å². The SMILES string of the molecule is Cc1ccc(-c2cc(N)c(C(=O)N[C@@H]3C=CS(=O)(=O)C3)[n+]([O-])c2)cc1C.